The molecular weight excluding hydrogens is 499 g/mol. The SMILES string of the molecule is COCC(Oc1ccc(Cl)cc1C)C(=O)NCCSSCCC(=O)O.O=C(O)C(F)(F)F. The quantitative estimate of drug-likeness (QED) is 0.279. The Bertz CT molecular complexity index is 754. The molecule has 1 amide bonds. The number of aryl methyl sites for hydroxylation is 1. The van der Waals surface area contributed by atoms with E-state index in [-0.39, 0.29) is 18.9 Å². The van der Waals surface area contributed by atoms with E-state index in [1.165, 1.54) is 28.7 Å². The first-order valence-electron chi connectivity index (χ1n) is 8.84. The highest BCUT2D eigenvalue weighted by molar-refractivity contribution is 8.76. The number of hydrogen-bond acceptors (Lipinski definition) is 7. The van der Waals surface area contributed by atoms with Gasteiger partial charge in [0, 0.05) is 30.2 Å². The molecule has 0 bridgehead atoms. The number of carbonyl (C=O) groups is 3. The number of halogens is 4. The number of nitrogens with one attached hydrogen (secondary N) is 1. The smallest absolute Gasteiger partial charge is 0.481 e. The number of hydrogen-bond donors (Lipinski definition) is 3. The van der Waals surface area contributed by atoms with Crippen molar-refractivity contribution in [2.75, 3.05) is 31.8 Å². The van der Waals surface area contributed by atoms with Crippen molar-refractivity contribution in [2.45, 2.75) is 25.6 Å². The molecule has 1 unspecified atom stereocenters. The monoisotopic (exact) mass is 521 g/mol. The van der Waals surface area contributed by atoms with Crippen molar-refractivity contribution in [3.63, 3.8) is 0 Å². The maximum absolute atomic E-state index is 12.3. The zero-order valence-corrected chi connectivity index (χ0v) is 19.5. The van der Waals surface area contributed by atoms with Gasteiger partial charge in [-0.05, 0) is 30.7 Å². The molecule has 3 N–H and O–H groups in total. The van der Waals surface area contributed by atoms with Gasteiger partial charge in [-0.2, -0.15) is 13.2 Å². The minimum atomic E-state index is -5.08. The summed E-state index contributed by atoms with van der Waals surface area (Å²) in [6.07, 6.45) is -5.71. The molecule has 1 rings (SSSR count). The lowest BCUT2D eigenvalue weighted by molar-refractivity contribution is -0.192. The molecule has 1 aromatic rings. The molecule has 14 heteroatoms. The van der Waals surface area contributed by atoms with Crippen LogP contribution in [0, 0.1) is 6.92 Å². The third-order valence-electron chi connectivity index (χ3n) is 3.23. The lowest BCUT2D eigenvalue weighted by Gasteiger charge is -2.19. The van der Waals surface area contributed by atoms with Crippen LogP contribution < -0.4 is 10.1 Å². The first-order valence-corrected chi connectivity index (χ1v) is 11.7. The van der Waals surface area contributed by atoms with Gasteiger partial charge in [0.1, 0.15) is 5.75 Å². The first kappa shape index (κ1) is 30.2. The lowest BCUT2D eigenvalue weighted by Crippen LogP contribution is -2.42. The number of aliphatic carboxylic acids is 2. The number of carboxylic acid groups (broad SMARTS) is 2. The van der Waals surface area contributed by atoms with Crippen molar-refractivity contribution in [3.8, 4) is 5.75 Å². The Morgan fingerprint density at radius 1 is 1.19 bits per heavy atom. The van der Waals surface area contributed by atoms with Crippen LogP contribution in [-0.4, -0.2) is 72.1 Å². The van der Waals surface area contributed by atoms with Gasteiger partial charge in [-0.15, -0.1) is 0 Å². The summed E-state index contributed by atoms with van der Waals surface area (Å²) in [7, 11) is 4.50. The standard InChI is InChI=1S/C16H22ClNO5S2.C2HF3O2/c1-11-9-12(17)3-4-13(11)23-14(10-22-2)16(21)18-6-8-25-24-7-5-15(19)20;3-2(4,5)1(6)7/h3-4,9,14H,5-8,10H2,1-2H3,(H,18,21)(H,19,20);(H,6,7). The van der Waals surface area contributed by atoms with Crippen LogP contribution in [0.4, 0.5) is 13.2 Å². The van der Waals surface area contributed by atoms with Crippen LogP contribution in [0.15, 0.2) is 18.2 Å². The number of alkyl halides is 3. The molecule has 0 spiro atoms. The number of benzene rings is 1. The minimum absolute atomic E-state index is 0.133. The number of methoxy groups -OCH3 is 1. The fraction of sp³-hybridized carbons (Fsp3) is 0.500. The molecule has 0 aliphatic heterocycles. The van der Waals surface area contributed by atoms with Gasteiger partial charge in [-0.25, -0.2) is 4.79 Å². The normalized spacial score (nSPS) is 11.7. The fourth-order valence-electron chi connectivity index (χ4n) is 1.79. The molecule has 32 heavy (non-hydrogen) atoms. The second-order valence-electron chi connectivity index (χ2n) is 5.85. The van der Waals surface area contributed by atoms with Crippen molar-refractivity contribution >= 4 is 51.0 Å². The Morgan fingerprint density at radius 3 is 2.28 bits per heavy atom. The van der Waals surface area contributed by atoms with Crippen LogP contribution in [0.25, 0.3) is 0 Å². The van der Waals surface area contributed by atoms with E-state index in [2.05, 4.69) is 5.32 Å². The van der Waals surface area contributed by atoms with E-state index in [0.29, 0.717) is 28.8 Å². The number of carbonyl (C=O) groups excluding carboxylic acids is 1. The van der Waals surface area contributed by atoms with Crippen LogP contribution in [0.3, 0.4) is 0 Å². The number of amides is 1. The highest BCUT2D eigenvalue weighted by atomic mass is 35.5. The van der Waals surface area contributed by atoms with Crippen molar-refractivity contribution < 1.29 is 47.2 Å². The van der Waals surface area contributed by atoms with Crippen molar-refractivity contribution in [1.29, 1.82) is 0 Å². The number of rotatable bonds is 12. The second kappa shape index (κ2) is 15.9. The van der Waals surface area contributed by atoms with Crippen molar-refractivity contribution in [2.24, 2.45) is 0 Å². The molecule has 1 aromatic carbocycles. The van der Waals surface area contributed by atoms with Crippen LogP contribution in [0.1, 0.15) is 12.0 Å². The topological polar surface area (TPSA) is 122 Å². The second-order valence-corrected chi connectivity index (χ2v) is 8.99. The van der Waals surface area contributed by atoms with Crippen LogP contribution in [0.5, 0.6) is 5.75 Å². The summed E-state index contributed by atoms with van der Waals surface area (Å²) in [4.78, 5) is 31.5. The first-order chi connectivity index (χ1) is 14.9. The molecule has 0 aromatic heterocycles. The van der Waals surface area contributed by atoms with E-state index >= 15 is 0 Å². The van der Waals surface area contributed by atoms with Crippen LogP contribution in [-0.2, 0) is 19.1 Å². The van der Waals surface area contributed by atoms with Gasteiger partial charge < -0.3 is 25.0 Å². The summed E-state index contributed by atoms with van der Waals surface area (Å²) in [5.41, 5.74) is 0.840. The summed E-state index contributed by atoms with van der Waals surface area (Å²) >= 11 is 5.92. The Balaban J connectivity index is 0.00000118. The van der Waals surface area contributed by atoms with Gasteiger partial charge in [-0.1, -0.05) is 33.2 Å². The molecular formula is C18H23ClF3NO7S2. The van der Waals surface area contributed by atoms with Gasteiger partial charge in [0.05, 0.1) is 13.0 Å². The van der Waals surface area contributed by atoms with Crippen molar-refractivity contribution in [3.05, 3.63) is 28.8 Å². The minimum Gasteiger partial charge on any atom is -0.481 e. The molecule has 1 atom stereocenters. The maximum Gasteiger partial charge on any atom is 0.490 e. The zero-order chi connectivity index (χ0) is 24.7. The summed E-state index contributed by atoms with van der Waals surface area (Å²) in [5.74, 6) is -2.02. The van der Waals surface area contributed by atoms with Gasteiger partial charge in [0.2, 0.25) is 0 Å². The summed E-state index contributed by atoms with van der Waals surface area (Å²) in [6.45, 7) is 2.45. The predicted octanol–water partition coefficient (Wildman–Crippen LogP) is 3.65. The largest absolute Gasteiger partial charge is 0.490 e. The fourth-order valence-corrected chi connectivity index (χ4v) is 3.90. The summed E-state index contributed by atoms with van der Waals surface area (Å²) in [6, 6.07) is 5.20. The Morgan fingerprint density at radius 2 is 1.78 bits per heavy atom. The van der Waals surface area contributed by atoms with Crippen molar-refractivity contribution in [1.82, 2.24) is 5.32 Å². The number of carboxylic acids is 2. The molecule has 0 saturated heterocycles. The highest BCUT2D eigenvalue weighted by Gasteiger charge is 2.38. The predicted molar refractivity (Wildman–Crippen MR) is 116 cm³/mol. The molecule has 0 saturated carbocycles. The number of ether oxygens (including phenoxy) is 2. The van der Waals surface area contributed by atoms with Gasteiger partial charge in [-0.3, -0.25) is 9.59 Å². The molecule has 0 aliphatic rings. The van der Waals surface area contributed by atoms with E-state index < -0.39 is 24.2 Å². The highest BCUT2D eigenvalue weighted by Crippen LogP contribution is 2.23. The summed E-state index contributed by atoms with van der Waals surface area (Å²) < 4.78 is 42.6. The van der Waals surface area contributed by atoms with Crippen LogP contribution in [0.2, 0.25) is 5.02 Å². The van der Waals surface area contributed by atoms with Crippen LogP contribution >= 0.6 is 33.2 Å². The Kier molecular flexibility index (Phi) is 15.0. The Labute approximate surface area is 195 Å². The maximum atomic E-state index is 12.3. The van der Waals surface area contributed by atoms with E-state index in [4.69, 9.17) is 36.1 Å². The zero-order valence-electron chi connectivity index (χ0n) is 17.1. The lowest BCUT2D eigenvalue weighted by atomic mass is 10.2. The van der Waals surface area contributed by atoms with Gasteiger partial charge >= 0.3 is 18.1 Å². The van der Waals surface area contributed by atoms with E-state index in [1.54, 1.807) is 18.2 Å². The average molecular weight is 522 g/mol. The third kappa shape index (κ3) is 14.3. The summed E-state index contributed by atoms with van der Waals surface area (Å²) in [5, 5.41) is 19.1. The molecule has 0 fully saturated rings. The molecule has 0 aliphatic carbocycles. The van der Waals surface area contributed by atoms with E-state index in [1.807, 2.05) is 6.92 Å². The Hall–Kier alpha value is -1.83. The van der Waals surface area contributed by atoms with E-state index in [0.717, 1.165) is 5.56 Å². The molecule has 8 nitrogen and oxygen atoms in total. The van der Waals surface area contributed by atoms with Gasteiger partial charge in [0.25, 0.3) is 5.91 Å². The van der Waals surface area contributed by atoms with E-state index in [9.17, 15) is 22.8 Å². The molecule has 182 valence electrons. The van der Waals surface area contributed by atoms with Gasteiger partial charge in [0.15, 0.2) is 6.10 Å². The molecule has 0 heterocycles. The molecule has 0 radical (unpaired) electrons. The third-order valence-corrected chi connectivity index (χ3v) is 5.87. The average Bonchev–Trinajstić information content (AvgIpc) is 2.68.